The molecule has 2 aromatic carbocycles. The predicted molar refractivity (Wildman–Crippen MR) is 101 cm³/mol. The van der Waals surface area contributed by atoms with Gasteiger partial charge in [0.2, 0.25) is 0 Å². The molecule has 4 nitrogen and oxygen atoms in total. The van der Waals surface area contributed by atoms with Crippen LogP contribution in [0, 0.1) is 20.8 Å². The standard InChI is InChI=1S/C20H23NO3S/c1-14-4-8-18(9-5-14)25-11-10-21-19(22)13-24-20(23)17-7-6-15(2)16(3)12-17/h4-9,12H,10-11,13H2,1-3H3,(H,21,22). The van der Waals surface area contributed by atoms with Crippen molar-refractivity contribution in [1.82, 2.24) is 5.32 Å². The molecule has 0 radical (unpaired) electrons. The molecule has 0 aliphatic rings. The van der Waals surface area contributed by atoms with Gasteiger partial charge in [0, 0.05) is 17.2 Å². The summed E-state index contributed by atoms with van der Waals surface area (Å²) in [5, 5.41) is 2.75. The van der Waals surface area contributed by atoms with E-state index in [1.54, 1.807) is 23.9 Å². The van der Waals surface area contributed by atoms with Gasteiger partial charge in [-0.15, -0.1) is 11.8 Å². The summed E-state index contributed by atoms with van der Waals surface area (Å²) in [5.41, 5.74) is 3.82. The number of esters is 1. The lowest BCUT2D eigenvalue weighted by Gasteiger charge is -2.08. The molecule has 5 heteroatoms. The first kappa shape index (κ1) is 19.1. The highest BCUT2D eigenvalue weighted by Gasteiger charge is 2.10. The fourth-order valence-corrected chi connectivity index (χ4v) is 2.90. The monoisotopic (exact) mass is 357 g/mol. The van der Waals surface area contributed by atoms with Gasteiger partial charge in [0.1, 0.15) is 0 Å². The van der Waals surface area contributed by atoms with Crippen LogP contribution in [0.2, 0.25) is 0 Å². The summed E-state index contributed by atoms with van der Waals surface area (Å²) in [4.78, 5) is 24.9. The Hall–Kier alpha value is -2.27. The topological polar surface area (TPSA) is 55.4 Å². The van der Waals surface area contributed by atoms with E-state index in [2.05, 4.69) is 29.6 Å². The zero-order valence-electron chi connectivity index (χ0n) is 14.8. The minimum Gasteiger partial charge on any atom is -0.452 e. The Balaban J connectivity index is 1.67. The van der Waals surface area contributed by atoms with E-state index >= 15 is 0 Å². The SMILES string of the molecule is Cc1ccc(SCCNC(=O)COC(=O)c2ccc(C)c(C)c2)cc1. The molecule has 0 aliphatic carbocycles. The first-order valence-electron chi connectivity index (χ1n) is 8.16. The van der Waals surface area contributed by atoms with Gasteiger partial charge in [-0.3, -0.25) is 4.79 Å². The smallest absolute Gasteiger partial charge is 0.338 e. The van der Waals surface area contributed by atoms with E-state index in [9.17, 15) is 9.59 Å². The van der Waals surface area contributed by atoms with E-state index in [0.717, 1.165) is 16.9 Å². The van der Waals surface area contributed by atoms with Crippen LogP contribution in [0.5, 0.6) is 0 Å². The van der Waals surface area contributed by atoms with Gasteiger partial charge in [-0.2, -0.15) is 0 Å². The van der Waals surface area contributed by atoms with Crippen molar-refractivity contribution >= 4 is 23.6 Å². The predicted octanol–water partition coefficient (Wildman–Crippen LogP) is 3.68. The van der Waals surface area contributed by atoms with E-state index < -0.39 is 5.97 Å². The number of nitrogens with one attached hydrogen (secondary N) is 1. The second-order valence-corrected chi connectivity index (χ2v) is 7.05. The highest BCUT2D eigenvalue weighted by atomic mass is 32.2. The Bertz CT molecular complexity index is 741. The van der Waals surface area contributed by atoms with E-state index in [0.29, 0.717) is 12.1 Å². The van der Waals surface area contributed by atoms with E-state index in [4.69, 9.17) is 4.74 Å². The van der Waals surface area contributed by atoms with Crippen molar-refractivity contribution in [1.29, 1.82) is 0 Å². The molecular formula is C20H23NO3S. The van der Waals surface area contributed by atoms with Crippen LogP contribution in [0.15, 0.2) is 47.4 Å². The van der Waals surface area contributed by atoms with Crippen molar-refractivity contribution in [2.75, 3.05) is 18.9 Å². The van der Waals surface area contributed by atoms with Crippen molar-refractivity contribution in [3.05, 3.63) is 64.7 Å². The first-order valence-corrected chi connectivity index (χ1v) is 9.15. The summed E-state index contributed by atoms with van der Waals surface area (Å²) in [6.07, 6.45) is 0. The lowest BCUT2D eigenvalue weighted by molar-refractivity contribution is -0.124. The third-order valence-corrected chi connectivity index (χ3v) is 4.80. The fraction of sp³-hybridized carbons (Fsp3) is 0.300. The molecular weight excluding hydrogens is 334 g/mol. The number of carbonyl (C=O) groups excluding carboxylic acids is 2. The number of hydrogen-bond donors (Lipinski definition) is 1. The van der Waals surface area contributed by atoms with Crippen LogP contribution < -0.4 is 5.32 Å². The average molecular weight is 357 g/mol. The molecule has 0 aliphatic heterocycles. The summed E-state index contributed by atoms with van der Waals surface area (Å²) >= 11 is 1.67. The van der Waals surface area contributed by atoms with Crippen LogP contribution in [-0.4, -0.2) is 30.8 Å². The van der Waals surface area contributed by atoms with Gasteiger partial charge in [-0.1, -0.05) is 23.8 Å². The molecule has 2 rings (SSSR count). The summed E-state index contributed by atoms with van der Waals surface area (Å²) in [5.74, 6) is -0.00568. The van der Waals surface area contributed by atoms with Gasteiger partial charge < -0.3 is 10.1 Å². The Morgan fingerprint density at radius 3 is 2.40 bits per heavy atom. The molecule has 0 aromatic heterocycles. The molecule has 1 amide bonds. The Morgan fingerprint density at radius 1 is 1.00 bits per heavy atom. The molecule has 1 N–H and O–H groups in total. The number of aryl methyl sites for hydroxylation is 3. The maximum absolute atomic E-state index is 11.9. The van der Waals surface area contributed by atoms with Gasteiger partial charge in [-0.25, -0.2) is 4.79 Å². The number of benzene rings is 2. The average Bonchev–Trinajstić information content (AvgIpc) is 2.60. The van der Waals surface area contributed by atoms with E-state index in [1.807, 2.05) is 26.8 Å². The zero-order chi connectivity index (χ0) is 18.2. The van der Waals surface area contributed by atoms with Crippen LogP contribution in [0.25, 0.3) is 0 Å². The molecule has 0 saturated carbocycles. The Labute approximate surface area is 153 Å². The van der Waals surface area contributed by atoms with Crippen LogP contribution in [0.3, 0.4) is 0 Å². The molecule has 25 heavy (non-hydrogen) atoms. The molecule has 0 heterocycles. The minimum absolute atomic E-state index is 0.263. The molecule has 0 fully saturated rings. The van der Waals surface area contributed by atoms with Crippen LogP contribution in [0.1, 0.15) is 27.0 Å². The van der Waals surface area contributed by atoms with Crippen LogP contribution in [0.4, 0.5) is 0 Å². The number of amides is 1. The van der Waals surface area contributed by atoms with Crippen molar-refractivity contribution in [3.8, 4) is 0 Å². The second-order valence-electron chi connectivity index (χ2n) is 5.89. The van der Waals surface area contributed by atoms with Gasteiger partial charge in [0.25, 0.3) is 5.91 Å². The largest absolute Gasteiger partial charge is 0.452 e. The number of rotatable bonds is 7. The van der Waals surface area contributed by atoms with Crippen molar-refractivity contribution in [3.63, 3.8) is 0 Å². The van der Waals surface area contributed by atoms with Crippen molar-refractivity contribution < 1.29 is 14.3 Å². The zero-order valence-corrected chi connectivity index (χ0v) is 15.6. The van der Waals surface area contributed by atoms with Crippen LogP contribution >= 0.6 is 11.8 Å². The maximum Gasteiger partial charge on any atom is 0.338 e. The maximum atomic E-state index is 11.9. The number of ether oxygens (including phenoxy) is 1. The molecule has 0 unspecified atom stereocenters. The molecule has 0 bridgehead atoms. The molecule has 2 aromatic rings. The molecule has 0 saturated heterocycles. The summed E-state index contributed by atoms with van der Waals surface area (Å²) in [6, 6.07) is 13.6. The van der Waals surface area contributed by atoms with E-state index in [1.165, 1.54) is 10.5 Å². The number of thioether (sulfide) groups is 1. The van der Waals surface area contributed by atoms with Crippen molar-refractivity contribution in [2.45, 2.75) is 25.7 Å². The Morgan fingerprint density at radius 2 is 1.72 bits per heavy atom. The Kier molecular flexibility index (Phi) is 7.07. The second kappa shape index (κ2) is 9.28. The fourth-order valence-electron chi connectivity index (χ4n) is 2.13. The third-order valence-electron chi connectivity index (χ3n) is 3.79. The lowest BCUT2D eigenvalue weighted by Crippen LogP contribution is -2.30. The minimum atomic E-state index is -0.479. The van der Waals surface area contributed by atoms with E-state index in [-0.39, 0.29) is 12.5 Å². The molecule has 0 spiro atoms. The normalized spacial score (nSPS) is 10.4. The van der Waals surface area contributed by atoms with Crippen molar-refractivity contribution in [2.24, 2.45) is 0 Å². The highest BCUT2D eigenvalue weighted by molar-refractivity contribution is 7.99. The summed E-state index contributed by atoms with van der Waals surface area (Å²) < 4.78 is 5.06. The summed E-state index contributed by atoms with van der Waals surface area (Å²) in [6.45, 7) is 6.23. The lowest BCUT2D eigenvalue weighted by atomic mass is 10.1. The number of hydrogen-bond acceptors (Lipinski definition) is 4. The highest BCUT2D eigenvalue weighted by Crippen LogP contribution is 2.17. The molecule has 0 atom stereocenters. The number of carbonyl (C=O) groups is 2. The summed E-state index contributed by atoms with van der Waals surface area (Å²) in [7, 11) is 0. The van der Waals surface area contributed by atoms with Crippen LogP contribution in [-0.2, 0) is 9.53 Å². The van der Waals surface area contributed by atoms with Gasteiger partial charge >= 0.3 is 5.97 Å². The quantitative estimate of drug-likeness (QED) is 0.467. The first-order chi connectivity index (χ1) is 12.0. The third kappa shape index (κ3) is 6.27. The van der Waals surface area contributed by atoms with Gasteiger partial charge in [-0.05, 0) is 56.2 Å². The van der Waals surface area contributed by atoms with Gasteiger partial charge in [0.15, 0.2) is 6.61 Å². The van der Waals surface area contributed by atoms with Gasteiger partial charge in [0.05, 0.1) is 5.56 Å². The molecule has 132 valence electrons.